The molecule has 0 spiro atoms. The highest BCUT2D eigenvalue weighted by Crippen LogP contribution is 2.39. The van der Waals surface area contributed by atoms with Crippen molar-refractivity contribution < 1.29 is 24.0 Å². The van der Waals surface area contributed by atoms with Crippen LogP contribution in [0.1, 0.15) is 73.9 Å². The summed E-state index contributed by atoms with van der Waals surface area (Å²) >= 11 is 0. The molecule has 0 radical (unpaired) electrons. The molecule has 4 rings (SSSR count). The number of nitrogens with one attached hydrogen (secondary N) is 4. The quantitative estimate of drug-likeness (QED) is 0.0856. The summed E-state index contributed by atoms with van der Waals surface area (Å²) in [6.07, 6.45) is 8.67. The summed E-state index contributed by atoms with van der Waals surface area (Å²) in [5, 5.41) is 20.6. The molecule has 1 fully saturated rings. The van der Waals surface area contributed by atoms with E-state index in [0.29, 0.717) is 61.5 Å². The van der Waals surface area contributed by atoms with E-state index in [1.165, 1.54) is 11.9 Å². The van der Waals surface area contributed by atoms with Crippen molar-refractivity contribution in [2.75, 3.05) is 31.2 Å². The molecular formula is C36H50N10O5. The van der Waals surface area contributed by atoms with E-state index < -0.39 is 11.5 Å². The summed E-state index contributed by atoms with van der Waals surface area (Å²) in [5.41, 5.74) is 8.97. The van der Waals surface area contributed by atoms with E-state index in [2.05, 4.69) is 36.4 Å². The molecule has 0 saturated heterocycles. The summed E-state index contributed by atoms with van der Waals surface area (Å²) in [5.74, 6) is 0.0232. The number of aldehydes is 1. The van der Waals surface area contributed by atoms with Crippen molar-refractivity contribution in [2.24, 2.45) is 5.41 Å². The monoisotopic (exact) mass is 702 g/mol. The molecule has 2 aromatic heterocycles. The van der Waals surface area contributed by atoms with Crippen LogP contribution in [0, 0.1) is 12.3 Å². The molecule has 1 aliphatic rings. The molecule has 2 heterocycles. The molecule has 1 unspecified atom stereocenters. The number of nitrogens with two attached hydrogens (primary N) is 1. The normalized spacial score (nSPS) is 14.2. The first-order valence-corrected chi connectivity index (χ1v) is 17.5. The average molecular weight is 703 g/mol. The second kappa shape index (κ2) is 19.3. The van der Waals surface area contributed by atoms with Gasteiger partial charge >= 0.3 is 0 Å². The second-order valence-corrected chi connectivity index (χ2v) is 13.0. The van der Waals surface area contributed by atoms with Gasteiger partial charge in [-0.1, -0.05) is 37.5 Å². The maximum atomic E-state index is 13.5. The number of carbonyl (C=O) groups is 5. The lowest BCUT2D eigenvalue weighted by Crippen LogP contribution is -2.43. The topological polar surface area (TPSA) is 206 Å². The van der Waals surface area contributed by atoms with Crippen molar-refractivity contribution in [1.29, 1.82) is 0 Å². The Morgan fingerprint density at radius 1 is 1.02 bits per heavy atom. The predicted octanol–water partition coefficient (Wildman–Crippen LogP) is 2.04. The molecule has 15 heteroatoms. The minimum absolute atomic E-state index is 0.00259. The first-order chi connectivity index (χ1) is 24.7. The minimum Gasteiger partial charge on any atom is -0.384 e. The van der Waals surface area contributed by atoms with Crippen molar-refractivity contribution in [1.82, 2.24) is 40.8 Å². The van der Waals surface area contributed by atoms with Gasteiger partial charge in [0.2, 0.25) is 24.1 Å². The van der Waals surface area contributed by atoms with Gasteiger partial charge in [0.25, 0.3) is 0 Å². The van der Waals surface area contributed by atoms with Gasteiger partial charge < -0.3 is 36.7 Å². The van der Waals surface area contributed by atoms with Gasteiger partial charge in [-0.15, -0.1) is 0 Å². The van der Waals surface area contributed by atoms with Gasteiger partial charge in [-0.25, -0.2) is 4.98 Å². The largest absolute Gasteiger partial charge is 0.384 e. The van der Waals surface area contributed by atoms with Crippen molar-refractivity contribution >= 4 is 41.9 Å². The molecule has 0 bridgehead atoms. The lowest BCUT2D eigenvalue weighted by molar-refractivity contribution is -0.133. The Labute approximate surface area is 298 Å². The van der Waals surface area contributed by atoms with Crippen LogP contribution in [0.2, 0.25) is 0 Å². The van der Waals surface area contributed by atoms with E-state index in [1.54, 1.807) is 23.1 Å². The average Bonchev–Trinajstić information content (AvgIpc) is 3.59. The number of anilines is 2. The van der Waals surface area contributed by atoms with Gasteiger partial charge in [-0.05, 0) is 55.5 Å². The molecular weight excluding hydrogens is 652 g/mol. The summed E-state index contributed by atoms with van der Waals surface area (Å²) in [6, 6.07) is 10.2. The predicted molar refractivity (Wildman–Crippen MR) is 192 cm³/mol. The third-order valence-electron chi connectivity index (χ3n) is 9.36. The molecule has 3 aromatic rings. The molecule has 1 saturated carbocycles. The van der Waals surface area contributed by atoms with Gasteiger partial charge in [0.15, 0.2) is 0 Å². The lowest BCUT2D eigenvalue weighted by atomic mass is 9.70. The van der Waals surface area contributed by atoms with Crippen molar-refractivity contribution in [3.05, 3.63) is 65.1 Å². The van der Waals surface area contributed by atoms with E-state index in [9.17, 15) is 24.0 Å². The SMILES string of the molecule is CNC(=O)CCC(C=O)N(C=O)Cc1c(C)cccc1NC(=O)CCNCCn1ncc(CNC(=O)C2(Cc3cccc(N)n3)CCCCC2)n1. The number of aryl methyl sites for hydroxylation is 1. The molecule has 4 amide bonds. The highest BCUT2D eigenvalue weighted by Gasteiger charge is 2.40. The first-order valence-electron chi connectivity index (χ1n) is 17.5. The van der Waals surface area contributed by atoms with Crippen LogP contribution in [0.3, 0.4) is 0 Å². The Balaban J connectivity index is 1.21. The fourth-order valence-electron chi connectivity index (χ4n) is 6.42. The Hall–Kier alpha value is -5.18. The molecule has 1 aromatic carbocycles. The number of nitrogens with zero attached hydrogens (tertiary/aromatic N) is 5. The van der Waals surface area contributed by atoms with Crippen LogP contribution in [0.5, 0.6) is 0 Å². The molecule has 0 aliphatic heterocycles. The third-order valence-corrected chi connectivity index (χ3v) is 9.36. The number of pyridine rings is 1. The Kier molecular flexibility index (Phi) is 14.6. The molecule has 15 nitrogen and oxygen atoms in total. The zero-order valence-corrected chi connectivity index (χ0v) is 29.5. The smallest absolute Gasteiger partial charge is 0.226 e. The van der Waals surface area contributed by atoms with Gasteiger partial charge in [-0.2, -0.15) is 15.0 Å². The van der Waals surface area contributed by atoms with Crippen molar-refractivity contribution in [3.8, 4) is 0 Å². The van der Waals surface area contributed by atoms with E-state index in [-0.39, 0.29) is 50.1 Å². The van der Waals surface area contributed by atoms with Crippen LogP contribution in [-0.4, -0.2) is 81.5 Å². The van der Waals surface area contributed by atoms with Crippen LogP contribution in [0.15, 0.2) is 42.6 Å². The molecule has 1 aliphatic carbocycles. The van der Waals surface area contributed by atoms with Crippen LogP contribution >= 0.6 is 0 Å². The minimum atomic E-state index is -0.775. The van der Waals surface area contributed by atoms with Crippen LogP contribution in [0.25, 0.3) is 0 Å². The fraction of sp³-hybridized carbons (Fsp3) is 0.500. The van der Waals surface area contributed by atoms with Crippen molar-refractivity contribution in [2.45, 2.75) is 90.4 Å². The number of amides is 4. The fourth-order valence-corrected chi connectivity index (χ4v) is 6.42. The molecule has 6 N–H and O–H groups in total. The van der Waals surface area contributed by atoms with Crippen LogP contribution in [-0.2, 0) is 50.0 Å². The Bertz CT molecular complexity index is 1640. The number of rotatable bonds is 20. The number of benzene rings is 1. The third kappa shape index (κ3) is 11.4. The maximum absolute atomic E-state index is 13.5. The Morgan fingerprint density at radius 3 is 2.53 bits per heavy atom. The summed E-state index contributed by atoms with van der Waals surface area (Å²) in [7, 11) is 1.51. The first kappa shape index (κ1) is 38.6. The number of hydrogen-bond donors (Lipinski definition) is 5. The number of aromatic nitrogens is 4. The number of hydrogen-bond acceptors (Lipinski definition) is 10. The number of carbonyl (C=O) groups excluding carboxylic acids is 5. The van der Waals surface area contributed by atoms with E-state index in [1.807, 2.05) is 31.2 Å². The molecule has 1 atom stereocenters. The zero-order valence-electron chi connectivity index (χ0n) is 29.5. The Morgan fingerprint density at radius 2 is 1.80 bits per heavy atom. The van der Waals surface area contributed by atoms with Crippen molar-refractivity contribution in [3.63, 3.8) is 0 Å². The maximum Gasteiger partial charge on any atom is 0.226 e. The van der Waals surface area contributed by atoms with Gasteiger partial charge in [0.1, 0.15) is 17.8 Å². The standard InChI is InChI=1S/C36H50N10O5/c1-26-8-6-10-31(30(26)23-45(25-48)29(24-47)12-13-33(49)38-2)43-34(50)14-17-39-18-19-46-41-22-28(44-46)21-40-35(51)36(15-4-3-5-16-36)20-27-9-7-11-32(37)42-27/h6-11,22,24-25,29,39H,3-5,12-21,23H2,1-2H3,(H2,37,42)(H,38,49)(H,40,51)(H,43,50). The number of nitrogen functional groups attached to an aromatic ring is 1. The lowest BCUT2D eigenvalue weighted by Gasteiger charge is -2.35. The van der Waals surface area contributed by atoms with Gasteiger partial charge in [0, 0.05) is 57.3 Å². The highest BCUT2D eigenvalue weighted by molar-refractivity contribution is 5.92. The summed E-state index contributed by atoms with van der Waals surface area (Å²) in [4.78, 5) is 69.0. The van der Waals surface area contributed by atoms with Crippen LogP contribution in [0.4, 0.5) is 11.5 Å². The van der Waals surface area contributed by atoms with E-state index in [0.717, 1.165) is 43.4 Å². The highest BCUT2D eigenvalue weighted by atomic mass is 16.2. The zero-order chi connectivity index (χ0) is 36.6. The van der Waals surface area contributed by atoms with E-state index >= 15 is 0 Å². The van der Waals surface area contributed by atoms with Gasteiger partial charge in [0.05, 0.1) is 30.7 Å². The molecule has 51 heavy (non-hydrogen) atoms. The summed E-state index contributed by atoms with van der Waals surface area (Å²) in [6.45, 7) is 3.65. The van der Waals surface area contributed by atoms with Gasteiger partial charge in [-0.3, -0.25) is 19.2 Å². The second-order valence-electron chi connectivity index (χ2n) is 13.0. The molecule has 274 valence electrons. The van der Waals surface area contributed by atoms with E-state index in [4.69, 9.17) is 5.73 Å². The van der Waals surface area contributed by atoms with Crippen LogP contribution < -0.4 is 27.0 Å². The summed E-state index contributed by atoms with van der Waals surface area (Å²) < 4.78 is 0.